The van der Waals surface area contributed by atoms with E-state index in [4.69, 9.17) is 4.74 Å². The minimum Gasteiger partial charge on any atom is -0.444 e. The number of rotatable bonds is 1. The summed E-state index contributed by atoms with van der Waals surface area (Å²) in [7, 11) is 1.84. The molecule has 94 valence electrons. The summed E-state index contributed by atoms with van der Waals surface area (Å²) in [5.74, 6) is 0. The second-order valence-corrected chi connectivity index (χ2v) is 5.40. The normalized spacial score (nSPS) is 27.6. The molecule has 0 unspecified atom stereocenters. The molecule has 0 spiro atoms. The van der Waals surface area contributed by atoms with Gasteiger partial charge in [0.1, 0.15) is 11.8 Å². The van der Waals surface area contributed by atoms with Crippen molar-refractivity contribution >= 4 is 6.09 Å². The number of piperidine rings is 1. The Morgan fingerprint density at radius 1 is 1.44 bits per heavy atom. The molecule has 0 aromatic rings. The highest BCUT2D eigenvalue weighted by Gasteiger charge is 2.27. The van der Waals surface area contributed by atoms with Gasteiger partial charge >= 0.3 is 6.09 Å². The molecule has 0 aliphatic carbocycles. The minimum absolute atomic E-state index is 0.163. The Hall–Kier alpha value is -0.840. The van der Waals surface area contributed by atoms with E-state index in [1.807, 2.05) is 11.9 Å². The highest BCUT2D eigenvalue weighted by molar-refractivity contribution is 5.68. The molecule has 1 amide bonds. The van der Waals surface area contributed by atoms with Crippen molar-refractivity contribution in [1.82, 2.24) is 10.2 Å². The minimum atomic E-state index is -0.876. The number of carbonyl (C=O) groups is 1. The number of hydrogen-bond acceptors (Lipinski definition) is 3. The zero-order valence-electron chi connectivity index (χ0n) is 10.4. The number of amides is 1. The molecule has 2 atom stereocenters. The summed E-state index contributed by atoms with van der Waals surface area (Å²) in [6, 6.07) is -0.163. The fraction of sp³-hybridized carbons (Fsp3) is 0.909. The molecule has 0 bridgehead atoms. The van der Waals surface area contributed by atoms with Gasteiger partial charge in [0.2, 0.25) is 0 Å². The molecular weight excluding hydrogens is 211 g/mol. The summed E-state index contributed by atoms with van der Waals surface area (Å²) in [5, 5.41) is 2.69. The molecule has 1 fully saturated rings. The molecule has 0 aromatic heterocycles. The van der Waals surface area contributed by atoms with Crippen molar-refractivity contribution in [2.75, 3.05) is 20.1 Å². The van der Waals surface area contributed by atoms with Gasteiger partial charge in [-0.15, -0.1) is 0 Å². The summed E-state index contributed by atoms with van der Waals surface area (Å²) in [6.07, 6.45) is -0.984. The van der Waals surface area contributed by atoms with E-state index in [2.05, 4.69) is 5.32 Å². The summed E-state index contributed by atoms with van der Waals surface area (Å²) >= 11 is 0. The number of likely N-dealkylation sites (N-methyl/N-ethyl adjacent to an activating group) is 1. The second kappa shape index (κ2) is 4.99. The molecule has 16 heavy (non-hydrogen) atoms. The van der Waals surface area contributed by atoms with E-state index in [1.165, 1.54) is 0 Å². The number of carbonyl (C=O) groups excluding carboxylic acids is 1. The Kier molecular flexibility index (Phi) is 4.13. The van der Waals surface area contributed by atoms with E-state index < -0.39 is 17.9 Å². The zero-order chi connectivity index (χ0) is 12.3. The first-order chi connectivity index (χ1) is 7.26. The van der Waals surface area contributed by atoms with Crippen molar-refractivity contribution in [3.05, 3.63) is 0 Å². The maximum Gasteiger partial charge on any atom is 0.407 e. The van der Waals surface area contributed by atoms with Gasteiger partial charge in [0.15, 0.2) is 0 Å². The molecule has 1 N–H and O–H groups in total. The van der Waals surface area contributed by atoms with Crippen molar-refractivity contribution in [3.8, 4) is 0 Å². The van der Waals surface area contributed by atoms with Gasteiger partial charge in [0.25, 0.3) is 0 Å². The molecule has 1 aliphatic rings. The molecule has 4 nitrogen and oxygen atoms in total. The molecule has 0 radical (unpaired) electrons. The van der Waals surface area contributed by atoms with Crippen LogP contribution in [0, 0.1) is 0 Å². The lowest BCUT2D eigenvalue weighted by Gasteiger charge is -2.32. The Labute approximate surface area is 96.1 Å². The first-order valence-corrected chi connectivity index (χ1v) is 5.58. The van der Waals surface area contributed by atoms with Crippen LogP contribution in [-0.2, 0) is 4.74 Å². The van der Waals surface area contributed by atoms with Gasteiger partial charge in [-0.25, -0.2) is 9.18 Å². The number of halogens is 1. The van der Waals surface area contributed by atoms with Crippen molar-refractivity contribution in [3.63, 3.8) is 0 Å². The van der Waals surface area contributed by atoms with Gasteiger partial charge in [-0.2, -0.15) is 0 Å². The average molecular weight is 232 g/mol. The third-order valence-electron chi connectivity index (χ3n) is 2.30. The first kappa shape index (κ1) is 13.2. The van der Waals surface area contributed by atoms with Crippen molar-refractivity contribution < 1.29 is 13.9 Å². The summed E-state index contributed by atoms with van der Waals surface area (Å²) in [4.78, 5) is 13.3. The van der Waals surface area contributed by atoms with Crippen molar-refractivity contribution in [1.29, 1.82) is 0 Å². The standard InChI is InChI=1S/C11H21FN2O2/c1-11(2,3)16-10(15)13-9-5-8(12)6-14(4)7-9/h8-9H,5-7H2,1-4H3,(H,13,15)/t8-,9+/m1/s1. The monoisotopic (exact) mass is 232 g/mol. The largest absolute Gasteiger partial charge is 0.444 e. The van der Waals surface area contributed by atoms with E-state index in [-0.39, 0.29) is 6.04 Å². The van der Waals surface area contributed by atoms with Crippen LogP contribution in [0.25, 0.3) is 0 Å². The quantitative estimate of drug-likeness (QED) is 0.746. The lowest BCUT2D eigenvalue weighted by atomic mass is 10.1. The predicted molar refractivity (Wildman–Crippen MR) is 60.2 cm³/mol. The number of alkyl carbamates (subject to hydrolysis) is 1. The van der Waals surface area contributed by atoms with Crippen LogP contribution in [0.1, 0.15) is 27.2 Å². The van der Waals surface area contributed by atoms with Gasteiger partial charge < -0.3 is 15.0 Å². The van der Waals surface area contributed by atoms with Crippen LogP contribution in [0.15, 0.2) is 0 Å². The van der Waals surface area contributed by atoms with Crippen molar-refractivity contribution in [2.24, 2.45) is 0 Å². The van der Waals surface area contributed by atoms with E-state index in [0.29, 0.717) is 19.5 Å². The number of nitrogens with zero attached hydrogens (tertiary/aromatic N) is 1. The summed E-state index contributed by atoms with van der Waals surface area (Å²) in [6.45, 7) is 6.51. The first-order valence-electron chi connectivity index (χ1n) is 5.58. The highest BCUT2D eigenvalue weighted by atomic mass is 19.1. The van der Waals surface area contributed by atoms with Crippen LogP contribution in [0.5, 0.6) is 0 Å². The van der Waals surface area contributed by atoms with Crippen LogP contribution < -0.4 is 5.32 Å². The molecule has 1 saturated heterocycles. The van der Waals surface area contributed by atoms with E-state index in [0.717, 1.165) is 0 Å². The third-order valence-corrected chi connectivity index (χ3v) is 2.30. The van der Waals surface area contributed by atoms with Crippen LogP contribution in [0.4, 0.5) is 9.18 Å². The Bertz CT molecular complexity index is 243. The van der Waals surface area contributed by atoms with Gasteiger partial charge in [-0.1, -0.05) is 0 Å². The lowest BCUT2D eigenvalue weighted by molar-refractivity contribution is 0.0448. The number of alkyl halides is 1. The summed E-state index contributed by atoms with van der Waals surface area (Å²) < 4.78 is 18.4. The molecule has 1 rings (SSSR count). The Morgan fingerprint density at radius 2 is 2.06 bits per heavy atom. The van der Waals surface area contributed by atoms with Gasteiger partial charge in [-0.05, 0) is 27.8 Å². The van der Waals surface area contributed by atoms with Gasteiger partial charge in [0, 0.05) is 25.6 Å². The maximum atomic E-state index is 13.2. The molecular formula is C11H21FN2O2. The average Bonchev–Trinajstić information content (AvgIpc) is 1.96. The van der Waals surface area contributed by atoms with Crippen LogP contribution >= 0.6 is 0 Å². The lowest BCUT2D eigenvalue weighted by Crippen LogP contribution is -2.51. The molecule has 0 aromatic carbocycles. The van der Waals surface area contributed by atoms with E-state index >= 15 is 0 Å². The number of ether oxygens (including phenoxy) is 1. The highest BCUT2D eigenvalue weighted by Crippen LogP contribution is 2.13. The van der Waals surface area contributed by atoms with E-state index in [1.54, 1.807) is 20.8 Å². The topological polar surface area (TPSA) is 41.6 Å². The molecule has 1 heterocycles. The van der Waals surface area contributed by atoms with Gasteiger partial charge in [-0.3, -0.25) is 0 Å². The van der Waals surface area contributed by atoms with Crippen LogP contribution in [-0.4, -0.2) is 48.9 Å². The molecule has 1 aliphatic heterocycles. The fourth-order valence-electron chi connectivity index (χ4n) is 1.83. The molecule has 5 heteroatoms. The third kappa shape index (κ3) is 4.79. The number of likely N-dealkylation sites (tertiary alicyclic amines) is 1. The Morgan fingerprint density at radius 3 is 2.56 bits per heavy atom. The second-order valence-electron chi connectivity index (χ2n) is 5.40. The van der Waals surface area contributed by atoms with Gasteiger partial charge in [0.05, 0.1) is 0 Å². The van der Waals surface area contributed by atoms with Crippen LogP contribution in [0.3, 0.4) is 0 Å². The predicted octanol–water partition coefficient (Wildman–Crippen LogP) is 1.55. The zero-order valence-corrected chi connectivity index (χ0v) is 10.4. The maximum absolute atomic E-state index is 13.2. The van der Waals surface area contributed by atoms with E-state index in [9.17, 15) is 9.18 Å². The van der Waals surface area contributed by atoms with Crippen LogP contribution in [0.2, 0.25) is 0 Å². The molecule has 0 saturated carbocycles. The Balaban J connectivity index is 2.39. The SMILES string of the molecule is CN1C[C@H](F)C[C@H](NC(=O)OC(C)(C)C)C1. The fourth-order valence-corrected chi connectivity index (χ4v) is 1.83. The number of nitrogens with one attached hydrogen (secondary N) is 1. The smallest absolute Gasteiger partial charge is 0.407 e. The number of hydrogen-bond donors (Lipinski definition) is 1. The summed E-state index contributed by atoms with van der Waals surface area (Å²) in [5.41, 5.74) is -0.514. The van der Waals surface area contributed by atoms with Crippen molar-refractivity contribution in [2.45, 2.75) is 45.0 Å².